The summed E-state index contributed by atoms with van der Waals surface area (Å²) in [6.07, 6.45) is 14.1. The van der Waals surface area contributed by atoms with E-state index in [0.717, 1.165) is 47.5 Å². The molecule has 0 aliphatic heterocycles. The summed E-state index contributed by atoms with van der Waals surface area (Å²) in [6.45, 7) is 0. The molecule has 15 heteroatoms. The molecule has 0 spiro atoms. The first kappa shape index (κ1) is 38.8. The van der Waals surface area contributed by atoms with Crippen LogP contribution in [0.15, 0.2) is 91.3 Å². The van der Waals surface area contributed by atoms with Crippen LogP contribution in [0.4, 0.5) is 8.78 Å². The third kappa shape index (κ3) is 12.1. The lowest BCUT2D eigenvalue weighted by molar-refractivity contribution is -0.104. The minimum absolute atomic E-state index is 0.182. The van der Waals surface area contributed by atoms with E-state index in [4.69, 9.17) is 18.5 Å². The number of carbonyl (C=O) groups excluding carboxylic acids is 1. The number of aldehydes is 1. The number of allylic oxidation sites excluding steroid dienone is 3. The Morgan fingerprint density at radius 1 is 0.686 bits per heavy atom. The van der Waals surface area contributed by atoms with Gasteiger partial charge in [-0.25, -0.2) is 19.9 Å². The van der Waals surface area contributed by atoms with Gasteiger partial charge in [-0.05, 0) is 83.9 Å². The van der Waals surface area contributed by atoms with Crippen molar-refractivity contribution in [3.8, 4) is 11.5 Å². The minimum atomic E-state index is -3.06. The Bertz CT molecular complexity index is 2160. The summed E-state index contributed by atoms with van der Waals surface area (Å²) in [7, 11) is 2.96. The zero-order valence-corrected chi connectivity index (χ0v) is 30.5. The van der Waals surface area contributed by atoms with Crippen molar-refractivity contribution in [3.05, 3.63) is 124 Å². The van der Waals surface area contributed by atoms with E-state index >= 15 is 0 Å². The van der Waals surface area contributed by atoms with Crippen molar-refractivity contribution in [1.82, 2.24) is 19.9 Å². The summed E-state index contributed by atoms with van der Waals surface area (Å²) in [4.78, 5) is 25.8. The molecule has 0 amide bonds. The molecule has 0 unspecified atom stereocenters. The fourth-order valence-corrected chi connectivity index (χ4v) is 7.31. The van der Waals surface area contributed by atoms with Gasteiger partial charge in [-0.1, -0.05) is 24.3 Å². The van der Waals surface area contributed by atoms with E-state index < -0.39 is 19.5 Å². The van der Waals surface area contributed by atoms with E-state index in [2.05, 4.69) is 19.9 Å². The van der Waals surface area contributed by atoms with Gasteiger partial charge in [0, 0.05) is 26.6 Å². The van der Waals surface area contributed by atoms with Gasteiger partial charge in [-0.2, -0.15) is 8.78 Å². The molecule has 4 aromatic heterocycles. The third-order valence-electron chi connectivity index (χ3n) is 6.64. The summed E-state index contributed by atoms with van der Waals surface area (Å²) >= 11 is 3.06. The van der Waals surface area contributed by atoms with Crippen LogP contribution in [0.25, 0.3) is 38.7 Å². The number of halogens is 2. The molecule has 264 valence electrons. The predicted octanol–water partition coefficient (Wildman–Crippen LogP) is 9.29. The number of benzene rings is 2. The van der Waals surface area contributed by atoms with Gasteiger partial charge in [0.15, 0.2) is 0 Å². The Kier molecular flexibility index (Phi) is 14.8. The second-order valence-corrected chi connectivity index (χ2v) is 14.4. The molecule has 0 radical (unpaired) electrons. The second-order valence-electron chi connectivity index (χ2n) is 10.0. The summed E-state index contributed by atoms with van der Waals surface area (Å²) < 4.78 is 59.2. The molecule has 6 aromatic rings. The van der Waals surface area contributed by atoms with Gasteiger partial charge in [0.25, 0.3) is 0 Å². The Balaban J connectivity index is 0.000000181. The molecule has 51 heavy (non-hydrogen) atoms. The van der Waals surface area contributed by atoms with Crippen molar-refractivity contribution in [1.29, 1.82) is 0 Å². The van der Waals surface area contributed by atoms with Crippen LogP contribution in [-0.2, 0) is 24.6 Å². The second kappa shape index (κ2) is 19.4. The van der Waals surface area contributed by atoms with E-state index in [0.29, 0.717) is 11.8 Å². The highest BCUT2D eigenvalue weighted by Gasteiger charge is 2.24. The average molecular weight is 751 g/mol. The topological polar surface area (TPSA) is 123 Å². The van der Waals surface area contributed by atoms with Crippen LogP contribution in [0.3, 0.4) is 0 Å². The lowest BCUT2D eigenvalue weighted by atomic mass is 10.2. The van der Waals surface area contributed by atoms with Crippen molar-refractivity contribution in [2.45, 2.75) is 6.16 Å². The Hall–Kier alpha value is -4.98. The monoisotopic (exact) mass is 750 g/mol. The van der Waals surface area contributed by atoms with Crippen LogP contribution in [0, 0.1) is 11.9 Å². The molecule has 0 fully saturated rings. The first-order chi connectivity index (χ1) is 24.7. The smallest absolute Gasteiger partial charge is 0.336 e. The van der Waals surface area contributed by atoms with E-state index in [1.165, 1.54) is 56.2 Å². The van der Waals surface area contributed by atoms with E-state index in [-0.39, 0.29) is 6.16 Å². The standard InChI is InChI=1S/C17H13FN2OS.C11H14NO4PS.C8H6FNO/c1-21-13-7-8-14-15(10-13)22-17(20-14)5-3-2-4-12-6-9-16(18)19-11-12;1-14-8-4-5-9-10(6-8)18-11(12-9)7-17(13,15-2)16-3;9-8-4-3-7(6-10-8)2-1-5-11/h2-11H,1H3;4-6H,7H2,1-3H3;1-6H/b4-2+,5-3+;;2-1+. The van der Waals surface area contributed by atoms with Crippen molar-refractivity contribution in [2.24, 2.45) is 0 Å². The van der Waals surface area contributed by atoms with Gasteiger partial charge in [0.2, 0.25) is 11.9 Å². The number of hydrogen-bond acceptors (Lipinski definition) is 12. The first-order valence-corrected chi connectivity index (χ1v) is 18.3. The molecule has 0 bridgehead atoms. The van der Waals surface area contributed by atoms with Crippen molar-refractivity contribution in [3.63, 3.8) is 0 Å². The van der Waals surface area contributed by atoms with Gasteiger partial charge >= 0.3 is 7.60 Å². The third-order valence-corrected chi connectivity index (χ3v) is 10.7. The van der Waals surface area contributed by atoms with Crippen molar-refractivity contribution >= 4 is 75.2 Å². The van der Waals surface area contributed by atoms with E-state index in [1.807, 2.05) is 60.7 Å². The maximum atomic E-state index is 12.7. The highest BCUT2D eigenvalue weighted by Crippen LogP contribution is 2.50. The number of methoxy groups -OCH3 is 2. The number of pyridine rings is 2. The zero-order chi connectivity index (χ0) is 36.6. The summed E-state index contributed by atoms with van der Waals surface area (Å²) in [6, 6.07) is 17.2. The Morgan fingerprint density at radius 3 is 1.73 bits per heavy atom. The van der Waals surface area contributed by atoms with Crippen LogP contribution < -0.4 is 9.47 Å². The number of ether oxygens (including phenoxy) is 2. The molecule has 2 aromatic carbocycles. The molecular formula is C36H33F2N4O6PS2. The molecule has 0 saturated carbocycles. The van der Waals surface area contributed by atoms with Crippen LogP contribution in [0.2, 0.25) is 0 Å². The molecule has 4 heterocycles. The van der Waals surface area contributed by atoms with E-state index in [9.17, 15) is 18.1 Å². The predicted molar refractivity (Wildman–Crippen MR) is 199 cm³/mol. The normalized spacial score (nSPS) is 11.5. The number of rotatable bonds is 11. The molecule has 0 atom stereocenters. The zero-order valence-electron chi connectivity index (χ0n) is 27.9. The molecule has 10 nitrogen and oxygen atoms in total. The van der Waals surface area contributed by atoms with Gasteiger partial charge in [0.1, 0.15) is 34.0 Å². The maximum absolute atomic E-state index is 12.7. The largest absolute Gasteiger partial charge is 0.497 e. The van der Waals surface area contributed by atoms with Gasteiger partial charge in [-0.3, -0.25) is 9.36 Å². The lowest BCUT2D eigenvalue weighted by Crippen LogP contribution is -1.92. The molecule has 0 aliphatic rings. The number of carbonyl (C=O) groups is 1. The van der Waals surface area contributed by atoms with Crippen molar-refractivity contribution < 1.29 is 36.7 Å². The van der Waals surface area contributed by atoms with Gasteiger partial charge in [-0.15, -0.1) is 22.7 Å². The highest BCUT2D eigenvalue weighted by atomic mass is 32.1. The molecule has 0 aliphatic carbocycles. The van der Waals surface area contributed by atoms with Crippen LogP contribution >= 0.6 is 30.3 Å². The summed E-state index contributed by atoms with van der Waals surface area (Å²) in [5.41, 5.74) is 3.37. The first-order valence-electron chi connectivity index (χ1n) is 15.0. The molecule has 0 N–H and O–H groups in total. The van der Waals surface area contributed by atoms with Gasteiger partial charge < -0.3 is 18.5 Å². The Morgan fingerprint density at radius 2 is 1.22 bits per heavy atom. The van der Waals surface area contributed by atoms with Crippen molar-refractivity contribution in [2.75, 3.05) is 28.4 Å². The highest BCUT2D eigenvalue weighted by molar-refractivity contribution is 7.53. The fraction of sp³-hybridized carbons (Fsp3) is 0.139. The number of thiazole rings is 2. The average Bonchev–Trinajstić information content (AvgIpc) is 3.76. The Labute approximate surface area is 301 Å². The van der Waals surface area contributed by atoms with Gasteiger partial charge in [0.05, 0.1) is 34.7 Å². The SMILES string of the molecule is COc1ccc2nc(/C=C/C=C/c3ccc(F)nc3)sc2c1.COc1ccc2nc(CP(=O)(OC)OC)sc2c1.O=C/C=C/c1ccc(F)nc1. The maximum Gasteiger partial charge on any atom is 0.336 e. The molecular weight excluding hydrogens is 718 g/mol. The number of nitrogens with zero attached hydrogens (tertiary/aromatic N) is 4. The lowest BCUT2D eigenvalue weighted by Gasteiger charge is -2.10. The number of hydrogen-bond donors (Lipinski definition) is 0. The fourth-order valence-electron chi connectivity index (χ4n) is 4.06. The summed E-state index contributed by atoms with van der Waals surface area (Å²) in [5.74, 6) is 0.612. The van der Waals surface area contributed by atoms with Crippen LogP contribution in [0.1, 0.15) is 21.1 Å². The molecule has 0 saturated heterocycles. The van der Waals surface area contributed by atoms with Crippen LogP contribution in [-0.4, -0.2) is 54.7 Å². The number of aromatic nitrogens is 4. The number of fused-ring (bicyclic) bond motifs is 2. The quantitative estimate of drug-likeness (QED) is 0.0416. The molecule has 6 rings (SSSR count). The summed E-state index contributed by atoms with van der Waals surface area (Å²) in [5, 5.41) is 1.65. The van der Waals surface area contributed by atoms with Crippen LogP contribution in [0.5, 0.6) is 11.5 Å². The van der Waals surface area contributed by atoms with E-state index in [1.54, 1.807) is 43.8 Å². The minimum Gasteiger partial charge on any atom is -0.497 e.